The molecule has 1 aromatic heterocycles. The molecule has 3 aromatic rings. The molecule has 8 nitrogen and oxygen atoms in total. The topological polar surface area (TPSA) is 127 Å². The number of nitrogens with two attached hydrogens (primary N) is 1. The Morgan fingerprint density at radius 2 is 1.93 bits per heavy atom. The van der Waals surface area contributed by atoms with Crippen molar-refractivity contribution in [1.82, 2.24) is 4.98 Å². The molecular formula is C19H16N4O4S. The zero-order chi connectivity index (χ0) is 19.9. The molecule has 2 heterocycles. The van der Waals surface area contributed by atoms with E-state index >= 15 is 0 Å². The van der Waals surface area contributed by atoms with Gasteiger partial charge in [0.25, 0.3) is 5.91 Å². The predicted octanol–water partition coefficient (Wildman–Crippen LogP) is 2.78. The number of fused-ring (bicyclic) bond motifs is 1. The van der Waals surface area contributed by atoms with E-state index in [0.717, 1.165) is 11.1 Å². The number of sulfonamides is 1. The third-order valence-electron chi connectivity index (χ3n) is 4.37. The normalized spacial score (nSPS) is 15.1. The van der Waals surface area contributed by atoms with Crippen LogP contribution in [0.4, 0.5) is 11.4 Å². The van der Waals surface area contributed by atoms with Gasteiger partial charge in [-0.05, 0) is 49.4 Å². The zero-order valence-electron chi connectivity index (χ0n) is 14.8. The van der Waals surface area contributed by atoms with Crippen molar-refractivity contribution in [3.8, 4) is 11.3 Å². The van der Waals surface area contributed by atoms with Crippen LogP contribution in [-0.2, 0) is 14.8 Å². The monoisotopic (exact) mass is 396 g/mol. The quantitative estimate of drug-likeness (QED) is 0.582. The molecule has 1 amide bonds. The fourth-order valence-corrected chi connectivity index (χ4v) is 3.57. The first-order chi connectivity index (χ1) is 13.3. The highest BCUT2D eigenvalue weighted by atomic mass is 32.2. The first-order valence-electron chi connectivity index (χ1n) is 8.28. The maximum absolute atomic E-state index is 12.5. The number of primary sulfonamides is 1. The molecular weight excluding hydrogens is 380 g/mol. The highest BCUT2D eigenvalue weighted by molar-refractivity contribution is 7.89. The van der Waals surface area contributed by atoms with Crippen molar-refractivity contribution in [2.24, 2.45) is 5.14 Å². The van der Waals surface area contributed by atoms with Crippen molar-refractivity contribution in [1.29, 1.82) is 0 Å². The molecule has 4 rings (SSSR count). The molecule has 28 heavy (non-hydrogen) atoms. The van der Waals surface area contributed by atoms with Crippen molar-refractivity contribution in [2.45, 2.75) is 11.8 Å². The van der Waals surface area contributed by atoms with Gasteiger partial charge in [-0.1, -0.05) is 0 Å². The summed E-state index contributed by atoms with van der Waals surface area (Å²) in [5, 5.41) is 11.1. The zero-order valence-corrected chi connectivity index (χ0v) is 15.6. The molecule has 1 aliphatic rings. The smallest absolute Gasteiger partial charge is 0.258 e. The van der Waals surface area contributed by atoms with Crippen LogP contribution in [0.1, 0.15) is 12.5 Å². The van der Waals surface area contributed by atoms with Gasteiger partial charge in [0.2, 0.25) is 10.0 Å². The maximum Gasteiger partial charge on any atom is 0.258 e. The second-order valence-corrected chi connectivity index (χ2v) is 7.84. The summed E-state index contributed by atoms with van der Waals surface area (Å²) in [4.78, 5) is 16.4. The van der Waals surface area contributed by atoms with E-state index in [2.05, 4.69) is 15.6 Å². The van der Waals surface area contributed by atoms with Crippen LogP contribution in [0.5, 0.6) is 0 Å². The lowest BCUT2D eigenvalue weighted by Crippen LogP contribution is -2.12. The lowest BCUT2D eigenvalue weighted by Gasteiger charge is -2.10. The Morgan fingerprint density at radius 3 is 2.57 bits per heavy atom. The van der Waals surface area contributed by atoms with Crippen LogP contribution in [0.2, 0.25) is 0 Å². The number of hydrogen-bond donors (Lipinski definition) is 3. The van der Waals surface area contributed by atoms with Crippen molar-refractivity contribution in [3.63, 3.8) is 0 Å². The molecule has 0 saturated carbocycles. The van der Waals surface area contributed by atoms with Crippen molar-refractivity contribution in [3.05, 3.63) is 66.3 Å². The summed E-state index contributed by atoms with van der Waals surface area (Å²) in [5.41, 5.74) is 3.99. The Balaban J connectivity index is 1.69. The van der Waals surface area contributed by atoms with Crippen LogP contribution < -0.4 is 15.8 Å². The molecule has 1 aliphatic heterocycles. The summed E-state index contributed by atoms with van der Waals surface area (Å²) in [5.74, 6) is 0.376. The van der Waals surface area contributed by atoms with Crippen LogP contribution in [0.25, 0.3) is 16.9 Å². The number of allylic oxidation sites excluding steroid dienone is 1. The third-order valence-corrected chi connectivity index (χ3v) is 5.30. The van der Waals surface area contributed by atoms with Crippen molar-refractivity contribution < 1.29 is 17.6 Å². The van der Waals surface area contributed by atoms with Crippen LogP contribution in [0.3, 0.4) is 0 Å². The van der Waals surface area contributed by atoms with Crippen LogP contribution in [0.15, 0.2) is 70.1 Å². The minimum atomic E-state index is -3.76. The number of aromatic nitrogens is 1. The minimum Gasteiger partial charge on any atom is -0.444 e. The van der Waals surface area contributed by atoms with Crippen LogP contribution >= 0.6 is 0 Å². The fraction of sp³-hybridized carbons (Fsp3) is 0.0526. The Kier molecular flexibility index (Phi) is 4.25. The molecule has 0 spiro atoms. The molecule has 142 valence electrons. The molecule has 0 unspecified atom stereocenters. The number of rotatable bonds is 4. The average molecular weight is 396 g/mol. The summed E-state index contributed by atoms with van der Waals surface area (Å²) >= 11 is 0. The number of anilines is 2. The SMILES string of the molecule is CC(Nc1ccc(S(N)(=O)=O)cc1)=C1C(=O)Nc2ccc(-c3cnco3)cc21. The molecule has 0 saturated heterocycles. The summed E-state index contributed by atoms with van der Waals surface area (Å²) < 4.78 is 28.1. The van der Waals surface area contributed by atoms with Gasteiger partial charge in [0.15, 0.2) is 12.2 Å². The second kappa shape index (κ2) is 6.63. The molecule has 2 aromatic carbocycles. The van der Waals surface area contributed by atoms with Gasteiger partial charge < -0.3 is 15.1 Å². The lowest BCUT2D eigenvalue weighted by atomic mass is 10.0. The third kappa shape index (κ3) is 3.28. The van der Waals surface area contributed by atoms with E-state index in [4.69, 9.17) is 9.56 Å². The molecule has 0 bridgehead atoms. The van der Waals surface area contributed by atoms with E-state index in [9.17, 15) is 13.2 Å². The molecule has 0 aliphatic carbocycles. The fourth-order valence-electron chi connectivity index (χ4n) is 3.06. The largest absolute Gasteiger partial charge is 0.444 e. The molecule has 9 heteroatoms. The van der Waals surface area contributed by atoms with Gasteiger partial charge in [-0.15, -0.1) is 0 Å². The first kappa shape index (κ1) is 18.0. The van der Waals surface area contributed by atoms with Crippen molar-refractivity contribution in [2.75, 3.05) is 10.6 Å². The number of nitrogens with one attached hydrogen (secondary N) is 2. The van der Waals surface area contributed by atoms with Crippen LogP contribution in [-0.4, -0.2) is 19.3 Å². The maximum atomic E-state index is 12.5. The molecule has 0 atom stereocenters. The lowest BCUT2D eigenvalue weighted by molar-refractivity contribution is -0.110. The van der Waals surface area contributed by atoms with Gasteiger partial charge >= 0.3 is 0 Å². The highest BCUT2D eigenvalue weighted by Gasteiger charge is 2.27. The molecule has 4 N–H and O–H groups in total. The van der Waals surface area contributed by atoms with E-state index in [0.29, 0.717) is 28.4 Å². The second-order valence-electron chi connectivity index (χ2n) is 6.27. The van der Waals surface area contributed by atoms with Crippen LogP contribution in [0, 0.1) is 0 Å². The number of amides is 1. The summed E-state index contributed by atoms with van der Waals surface area (Å²) in [7, 11) is -3.76. The Bertz CT molecular complexity index is 1200. The Morgan fingerprint density at radius 1 is 1.18 bits per heavy atom. The Hall–Kier alpha value is -3.43. The highest BCUT2D eigenvalue weighted by Crippen LogP contribution is 2.37. The van der Waals surface area contributed by atoms with Gasteiger partial charge in [0.05, 0.1) is 16.7 Å². The van der Waals surface area contributed by atoms with Crippen molar-refractivity contribution >= 4 is 32.9 Å². The molecule has 0 fully saturated rings. The molecule has 0 radical (unpaired) electrons. The predicted molar refractivity (Wildman–Crippen MR) is 105 cm³/mol. The van der Waals surface area contributed by atoms with E-state index in [1.807, 2.05) is 18.2 Å². The van der Waals surface area contributed by atoms with Gasteiger partial charge in [-0.2, -0.15) is 0 Å². The van der Waals surface area contributed by atoms with Gasteiger partial charge in [-0.3, -0.25) is 4.79 Å². The van der Waals surface area contributed by atoms with Gasteiger partial charge in [0, 0.05) is 28.2 Å². The number of oxazole rings is 1. The van der Waals surface area contributed by atoms with E-state index < -0.39 is 10.0 Å². The van der Waals surface area contributed by atoms with Gasteiger partial charge in [0.1, 0.15) is 0 Å². The minimum absolute atomic E-state index is 0.0176. The Labute approximate surface area is 161 Å². The summed E-state index contributed by atoms with van der Waals surface area (Å²) in [6, 6.07) is 11.5. The van der Waals surface area contributed by atoms with E-state index in [-0.39, 0.29) is 10.8 Å². The van der Waals surface area contributed by atoms with Gasteiger partial charge in [-0.25, -0.2) is 18.5 Å². The number of carbonyl (C=O) groups excluding carboxylic acids is 1. The van der Waals surface area contributed by atoms with E-state index in [1.165, 1.54) is 18.5 Å². The average Bonchev–Trinajstić information content (AvgIpc) is 3.27. The number of nitrogens with zero attached hydrogens (tertiary/aromatic N) is 1. The number of benzene rings is 2. The summed E-state index contributed by atoms with van der Waals surface area (Å²) in [6.07, 6.45) is 2.95. The van der Waals surface area contributed by atoms with E-state index in [1.54, 1.807) is 25.3 Å². The first-order valence-corrected chi connectivity index (χ1v) is 9.83. The number of carbonyl (C=O) groups is 1. The number of hydrogen-bond acceptors (Lipinski definition) is 6. The standard InChI is InChI=1S/C19H16N4O4S/c1-11(22-13-3-5-14(6-4-13)28(20,25)26)18-15-8-12(17-9-21-10-27-17)2-7-16(15)23-19(18)24/h2-10,22H,1H3,(H,23,24)(H2,20,25,26). The summed E-state index contributed by atoms with van der Waals surface area (Å²) in [6.45, 7) is 1.78.